The minimum absolute atomic E-state index is 0.222. The number of aromatic nitrogens is 2. The van der Waals surface area contributed by atoms with E-state index < -0.39 is 0 Å². The molecule has 0 aliphatic carbocycles. The zero-order valence-electron chi connectivity index (χ0n) is 16.1. The molecule has 0 radical (unpaired) electrons. The third-order valence-corrected chi connectivity index (χ3v) is 4.31. The maximum Gasteiger partial charge on any atom is 0.251 e. The lowest BCUT2D eigenvalue weighted by molar-refractivity contribution is 0.0950. The number of benzene rings is 2. The topological polar surface area (TPSA) is 74.6 Å². The van der Waals surface area contributed by atoms with E-state index in [9.17, 15) is 4.79 Å². The number of ether oxygens (including phenoxy) is 3. The second-order valence-corrected chi connectivity index (χ2v) is 6.12. The fraction of sp³-hybridized carbons (Fsp3) is 0.238. The van der Waals surface area contributed by atoms with Gasteiger partial charge in [-0.25, -0.2) is 0 Å². The molecule has 0 atom stereocenters. The van der Waals surface area contributed by atoms with Crippen LogP contribution in [0.5, 0.6) is 17.2 Å². The Bertz CT molecular complexity index is 896. The van der Waals surface area contributed by atoms with Gasteiger partial charge in [-0.1, -0.05) is 24.3 Å². The van der Waals surface area contributed by atoms with E-state index in [1.165, 1.54) is 21.3 Å². The lowest BCUT2D eigenvalue weighted by Gasteiger charge is -2.14. The first-order chi connectivity index (χ1) is 13.6. The molecule has 0 aliphatic heterocycles. The van der Waals surface area contributed by atoms with Crippen molar-refractivity contribution in [3.05, 3.63) is 71.5 Å². The zero-order chi connectivity index (χ0) is 19.9. The Morgan fingerprint density at radius 2 is 1.64 bits per heavy atom. The van der Waals surface area contributed by atoms with E-state index in [2.05, 4.69) is 10.4 Å². The molecule has 0 aliphatic rings. The van der Waals surface area contributed by atoms with Crippen LogP contribution in [-0.4, -0.2) is 37.0 Å². The minimum Gasteiger partial charge on any atom is -0.493 e. The van der Waals surface area contributed by atoms with E-state index in [1.54, 1.807) is 18.3 Å². The van der Waals surface area contributed by atoms with Crippen molar-refractivity contribution in [3.8, 4) is 17.2 Å². The third-order valence-electron chi connectivity index (χ3n) is 4.31. The number of nitrogens with one attached hydrogen (secondary N) is 1. The van der Waals surface area contributed by atoms with Crippen LogP contribution in [-0.2, 0) is 13.1 Å². The van der Waals surface area contributed by atoms with Gasteiger partial charge in [0.05, 0.1) is 27.9 Å². The summed E-state index contributed by atoms with van der Waals surface area (Å²) in [5, 5.41) is 7.11. The van der Waals surface area contributed by atoms with Crippen LogP contribution in [0.25, 0.3) is 0 Å². The van der Waals surface area contributed by atoms with Gasteiger partial charge in [0.25, 0.3) is 5.91 Å². The Kier molecular flexibility index (Phi) is 6.16. The molecule has 3 rings (SSSR count). The van der Waals surface area contributed by atoms with E-state index >= 15 is 0 Å². The molecule has 146 valence electrons. The fourth-order valence-electron chi connectivity index (χ4n) is 2.84. The summed E-state index contributed by atoms with van der Waals surface area (Å²) in [4.78, 5) is 12.6. The highest BCUT2D eigenvalue weighted by Gasteiger charge is 2.16. The zero-order valence-corrected chi connectivity index (χ0v) is 16.1. The second-order valence-electron chi connectivity index (χ2n) is 6.12. The van der Waals surface area contributed by atoms with Gasteiger partial charge in [0.2, 0.25) is 5.75 Å². The largest absolute Gasteiger partial charge is 0.493 e. The van der Waals surface area contributed by atoms with Crippen LogP contribution >= 0.6 is 0 Å². The van der Waals surface area contributed by atoms with Gasteiger partial charge >= 0.3 is 0 Å². The molecule has 3 aromatic rings. The van der Waals surface area contributed by atoms with E-state index in [4.69, 9.17) is 14.2 Å². The first-order valence-corrected chi connectivity index (χ1v) is 8.78. The molecule has 0 fully saturated rings. The van der Waals surface area contributed by atoms with Gasteiger partial charge in [-0.2, -0.15) is 5.10 Å². The normalized spacial score (nSPS) is 10.4. The molecule has 0 unspecified atom stereocenters. The number of amides is 1. The molecule has 1 N–H and O–H groups in total. The predicted molar refractivity (Wildman–Crippen MR) is 105 cm³/mol. The molecule has 1 aromatic heterocycles. The standard InChI is InChI=1S/C21H23N3O4/c1-26-18-11-17(12-19(27-2)20(18)28-3)21(25)22-13-15-5-7-16(8-6-15)14-24-10-4-9-23-24/h4-12H,13-14H2,1-3H3,(H,22,25). The molecule has 0 saturated carbocycles. The van der Waals surface area contributed by atoms with Gasteiger partial charge in [0.15, 0.2) is 11.5 Å². The van der Waals surface area contributed by atoms with Crippen LogP contribution in [0.2, 0.25) is 0 Å². The maximum absolute atomic E-state index is 12.6. The second kappa shape index (κ2) is 8.94. The van der Waals surface area contributed by atoms with Crippen molar-refractivity contribution in [2.45, 2.75) is 13.1 Å². The number of nitrogens with zero attached hydrogens (tertiary/aromatic N) is 2. The Balaban J connectivity index is 1.65. The molecular weight excluding hydrogens is 358 g/mol. The Morgan fingerprint density at radius 3 is 2.18 bits per heavy atom. The Hall–Kier alpha value is -3.48. The SMILES string of the molecule is COc1cc(C(=O)NCc2ccc(Cn3cccn3)cc2)cc(OC)c1OC. The van der Waals surface area contributed by atoms with Gasteiger partial charge in [-0.3, -0.25) is 9.48 Å². The quantitative estimate of drug-likeness (QED) is 0.649. The molecular formula is C21H23N3O4. The van der Waals surface area contributed by atoms with Crippen LogP contribution in [0.3, 0.4) is 0 Å². The Labute approximate surface area is 163 Å². The molecule has 1 heterocycles. The van der Waals surface area contributed by atoms with Gasteiger partial charge in [-0.05, 0) is 29.3 Å². The third kappa shape index (κ3) is 4.43. The average molecular weight is 381 g/mol. The predicted octanol–water partition coefficient (Wildman–Crippen LogP) is 2.89. The lowest BCUT2D eigenvalue weighted by atomic mass is 10.1. The van der Waals surface area contributed by atoms with Crippen molar-refractivity contribution in [3.63, 3.8) is 0 Å². The highest BCUT2D eigenvalue weighted by Crippen LogP contribution is 2.38. The van der Waals surface area contributed by atoms with Crippen molar-refractivity contribution >= 4 is 5.91 Å². The first kappa shape index (κ1) is 19.3. The first-order valence-electron chi connectivity index (χ1n) is 8.78. The van der Waals surface area contributed by atoms with Crippen molar-refractivity contribution in [1.82, 2.24) is 15.1 Å². The van der Waals surface area contributed by atoms with Gasteiger partial charge in [0.1, 0.15) is 0 Å². The number of hydrogen-bond acceptors (Lipinski definition) is 5. The van der Waals surface area contributed by atoms with Crippen molar-refractivity contribution in [1.29, 1.82) is 0 Å². The summed E-state index contributed by atoms with van der Waals surface area (Å²) in [5.74, 6) is 1.11. The van der Waals surface area contributed by atoms with Gasteiger partial charge in [-0.15, -0.1) is 0 Å². The number of hydrogen-bond donors (Lipinski definition) is 1. The van der Waals surface area contributed by atoms with E-state index in [1.807, 2.05) is 41.2 Å². The minimum atomic E-state index is -0.222. The van der Waals surface area contributed by atoms with Gasteiger partial charge < -0.3 is 19.5 Å². The molecule has 7 nitrogen and oxygen atoms in total. The molecule has 0 saturated heterocycles. The van der Waals surface area contributed by atoms with E-state index in [0.29, 0.717) is 35.9 Å². The molecule has 7 heteroatoms. The smallest absolute Gasteiger partial charge is 0.251 e. The maximum atomic E-state index is 12.6. The summed E-state index contributed by atoms with van der Waals surface area (Å²) in [6, 6.07) is 13.2. The van der Waals surface area contributed by atoms with Crippen molar-refractivity contribution < 1.29 is 19.0 Å². The number of rotatable bonds is 8. The van der Waals surface area contributed by atoms with E-state index in [0.717, 1.165) is 11.1 Å². The van der Waals surface area contributed by atoms with Crippen LogP contribution in [0.4, 0.5) is 0 Å². The summed E-state index contributed by atoms with van der Waals surface area (Å²) in [6.45, 7) is 1.13. The summed E-state index contributed by atoms with van der Waals surface area (Å²) in [7, 11) is 4.56. The van der Waals surface area contributed by atoms with Gasteiger partial charge in [0, 0.05) is 24.5 Å². The van der Waals surface area contributed by atoms with Crippen LogP contribution < -0.4 is 19.5 Å². The number of carbonyl (C=O) groups is 1. The fourth-order valence-corrected chi connectivity index (χ4v) is 2.84. The van der Waals surface area contributed by atoms with Crippen molar-refractivity contribution in [2.24, 2.45) is 0 Å². The molecule has 2 aromatic carbocycles. The molecule has 1 amide bonds. The number of methoxy groups -OCH3 is 3. The van der Waals surface area contributed by atoms with Crippen LogP contribution in [0.1, 0.15) is 21.5 Å². The lowest BCUT2D eigenvalue weighted by Crippen LogP contribution is -2.23. The highest BCUT2D eigenvalue weighted by molar-refractivity contribution is 5.95. The van der Waals surface area contributed by atoms with E-state index in [-0.39, 0.29) is 5.91 Å². The summed E-state index contributed by atoms with van der Waals surface area (Å²) in [5.41, 5.74) is 2.58. The van der Waals surface area contributed by atoms with Crippen LogP contribution in [0, 0.1) is 0 Å². The summed E-state index contributed by atoms with van der Waals surface area (Å²) < 4.78 is 17.7. The van der Waals surface area contributed by atoms with Crippen molar-refractivity contribution in [2.75, 3.05) is 21.3 Å². The molecule has 28 heavy (non-hydrogen) atoms. The molecule has 0 bridgehead atoms. The summed E-state index contributed by atoms with van der Waals surface area (Å²) >= 11 is 0. The van der Waals surface area contributed by atoms with Crippen LogP contribution in [0.15, 0.2) is 54.9 Å². The Morgan fingerprint density at radius 1 is 1.00 bits per heavy atom. The monoisotopic (exact) mass is 381 g/mol. The number of carbonyl (C=O) groups excluding carboxylic acids is 1. The highest BCUT2D eigenvalue weighted by atomic mass is 16.5. The molecule has 0 spiro atoms. The average Bonchev–Trinajstić information content (AvgIpc) is 3.24. The summed E-state index contributed by atoms with van der Waals surface area (Å²) in [6.07, 6.45) is 3.68.